The molecule has 1 aliphatic rings. The molecular formula is C18H14ClFN4OS. The average molecular weight is 389 g/mol. The molecule has 0 saturated carbocycles. The highest BCUT2D eigenvalue weighted by atomic mass is 35.5. The zero-order valence-corrected chi connectivity index (χ0v) is 15.2. The molecule has 4 rings (SSSR count). The van der Waals surface area contributed by atoms with Gasteiger partial charge in [0.2, 0.25) is 5.91 Å². The Morgan fingerprint density at radius 3 is 3.04 bits per heavy atom. The molecule has 26 heavy (non-hydrogen) atoms. The molecule has 0 atom stereocenters. The van der Waals surface area contributed by atoms with Crippen LogP contribution in [0.1, 0.15) is 10.4 Å². The van der Waals surface area contributed by atoms with Gasteiger partial charge in [-0.05, 0) is 36.3 Å². The molecule has 0 bridgehead atoms. The third-order valence-corrected chi connectivity index (χ3v) is 5.72. The molecule has 3 heterocycles. The van der Waals surface area contributed by atoms with Crippen molar-refractivity contribution in [1.82, 2.24) is 14.9 Å². The van der Waals surface area contributed by atoms with Crippen LogP contribution in [0, 0.1) is 5.82 Å². The van der Waals surface area contributed by atoms with Crippen molar-refractivity contribution >= 4 is 50.6 Å². The molecule has 0 spiro atoms. The summed E-state index contributed by atoms with van der Waals surface area (Å²) in [5, 5.41) is 4.19. The van der Waals surface area contributed by atoms with Gasteiger partial charge in [0.05, 0.1) is 17.0 Å². The van der Waals surface area contributed by atoms with Crippen molar-refractivity contribution in [3.8, 4) is 0 Å². The molecule has 1 aromatic carbocycles. The largest absolute Gasteiger partial charge is 0.340 e. The summed E-state index contributed by atoms with van der Waals surface area (Å²) in [5.74, 6) is 0.113. The third-order valence-electron chi connectivity index (χ3n) is 4.31. The maximum atomic E-state index is 13.4. The van der Waals surface area contributed by atoms with E-state index in [9.17, 15) is 9.18 Å². The zero-order chi connectivity index (χ0) is 18.3. The fourth-order valence-corrected chi connectivity index (χ4v) is 4.43. The van der Waals surface area contributed by atoms with Crippen molar-refractivity contribution in [2.75, 3.05) is 11.9 Å². The predicted molar refractivity (Wildman–Crippen MR) is 101 cm³/mol. The van der Waals surface area contributed by atoms with Gasteiger partial charge in [-0.25, -0.2) is 14.4 Å². The first kappa shape index (κ1) is 16.9. The number of hydrogen-bond acceptors (Lipinski definition) is 5. The predicted octanol–water partition coefficient (Wildman–Crippen LogP) is 4.30. The van der Waals surface area contributed by atoms with Crippen LogP contribution in [-0.2, 0) is 17.8 Å². The number of rotatable bonds is 3. The number of nitrogens with one attached hydrogen (secondary N) is 1. The van der Waals surface area contributed by atoms with Gasteiger partial charge in [0.15, 0.2) is 0 Å². The van der Waals surface area contributed by atoms with Crippen molar-refractivity contribution < 1.29 is 9.18 Å². The first-order valence-electron chi connectivity index (χ1n) is 7.95. The van der Waals surface area contributed by atoms with Crippen LogP contribution < -0.4 is 5.32 Å². The van der Waals surface area contributed by atoms with Crippen LogP contribution in [0.25, 0.3) is 10.2 Å². The number of hydrogen-bond donors (Lipinski definition) is 1. The van der Waals surface area contributed by atoms with E-state index in [1.165, 1.54) is 24.5 Å². The number of benzene rings is 1. The number of fused-ring (bicyclic) bond motifs is 3. The van der Waals surface area contributed by atoms with E-state index >= 15 is 0 Å². The van der Waals surface area contributed by atoms with Crippen LogP contribution >= 0.6 is 22.9 Å². The fraction of sp³-hybridized carbons (Fsp3) is 0.167. The van der Waals surface area contributed by atoms with Crippen LogP contribution in [0.15, 0.2) is 37.2 Å². The van der Waals surface area contributed by atoms with E-state index in [0.717, 1.165) is 27.1 Å². The fourth-order valence-electron chi connectivity index (χ4n) is 3.05. The number of anilines is 2. The molecule has 0 aliphatic carbocycles. The van der Waals surface area contributed by atoms with E-state index in [4.69, 9.17) is 11.6 Å². The van der Waals surface area contributed by atoms with E-state index in [-0.39, 0.29) is 10.9 Å². The van der Waals surface area contributed by atoms with Crippen molar-refractivity contribution in [2.24, 2.45) is 0 Å². The number of carbonyl (C=O) groups excluding carboxylic acids is 1. The molecule has 1 aliphatic heterocycles. The molecule has 0 fully saturated rings. The molecular weight excluding hydrogens is 375 g/mol. The van der Waals surface area contributed by atoms with Gasteiger partial charge in [0.1, 0.15) is 22.8 Å². The number of aromatic nitrogens is 2. The Morgan fingerprint density at radius 2 is 2.27 bits per heavy atom. The molecule has 3 aromatic rings. The molecule has 8 heteroatoms. The Hall–Kier alpha value is -2.51. The summed E-state index contributed by atoms with van der Waals surface area (Å²) in [7, 11) is 0. The monoisotopic (exact) mass is 388 g/mol. The van der Waals surface area contributed by atoms with Gasteiger partial charge in [0.25, 0.3) is 0 Å². The minimum Gasteiger partial charge on any atom is -0.340 e. The smallest absolute Gasteiger partial charge is 0.246 e. The summed E-state index contributed by atoms with van der Waals surface area (Å²) in [6, 6.07) is 4.44. The lowest BCUT2D eigenvalue weighted by molar-refractivity contribution is -0.126. The van der Waals surface area contributed by atoms with Crippen molar-refractivity contribution in [3.05, 3.63) is 58.5 Å². The number of nitrogens with zero attached hydrogens (tertiary/aromatic N) is 3. The minimum atomic E-state index is -0.468. The van der Waals surface area contributed by atoms with Gasteiger partial charge in [-0.2, -0.15) is 0 Å². The summed E-state index contributed by atoms with van der Waals surface area (Å²) in [6.45, 7) is 4.72. The topological polar surface area (TPSA) is 58.1 Å². The second-order valence-corrected chi connectivity index (χ2v) is 7.36. The summed E-state index contributed by atoms with van der Waals surface area (Å²) >= 11 is 7.42. The normalized spacial score (nSPS) is 13.5. The number of halogens is 2. The van der Waals surface area contributed by atoms with Crippen LogP contribution in [0.5, 0.6) is 0 Å². The SMILES string of the molecule is C=CC(=O)N1CCc2c(sc3ncnc(Nc4ccc(F)c(Cl)c4)c23)C1. The molecule has 132 valence electrons. The van der Waals surface area contributed by atoms with Crippen LogP contribution in [-0.4, -0.2) is 27.3 Å². The van der Waals surface area contributed by atoms with Gasteiger partial charge >= 0.3 is 0 Å². The highest BCUT2D eigenvalue weighted by molar-refractivity contribution is 7.19. The maximum absolute atomic E-state index is 13.4. The maximum Gasteiger partial charge on any atom is 0.246 e. The van der Waals surface area contributed by atoms with Gasteiger partial charge in [0, 0.05) is 17.1 Å². The van der Waals surface area contributed by atoms with E-state index in [0.29, 0.717) is 24.6 Å². The molecule has 1 N–H and O–H groups in total. The Balaban J connectivity index is 1.73. The standard InChI is InChI=1S/C18H14ClFN4OS/c1-2-15(25)24-6-5-11-14(8-24)26-18-16(11)17(21-9-22-18)23-10-3-4-13(20)12(19)7-10/h2-4,7,9H,1,5-6,8H2,(H,21,22,23). The van der Waals surface area contributed by atoms with Gasteiger partial charge in [-0.3, -0.25) is 4.79 Å². The van der Waals surface area contributed by atoms with E-state index < -0.39 is 5.82 Å². The second-order valence-electron chi connectivity index (χ2n) is 5.87. The van der Waals surface area contributed by atoms with Crippen LogP contribution in [0.4, 0.5) is 15.9 Å². The molecule has 1 amide bonds. The Kier molecular flexibility index (Phi) is 4.34. The highest BCUT2D eigenvalue weighted by Crippen LogP contribution is 2.38. The van der Waals surface area contributed by atoms with Crippen molar-refractivity contribution in [3.63, 3.8) is 0 Å². The van der Waals surface area contributed by atoms with Gasteiger partial charge in [-0.15, -0.1) is 11.3 Å². The minimum absolute atomic E-state index is 0.0474. The van der Waals surface area contributed by atoms with E-state index in [2.05, 4.69) is 21.9 Å². The quantitative estimate of drug-likeness (QED) is 0.680. The Morgan fingerprint density at radius 1 is 1.42 bits per heavy atom. The molecule has 5 nitrogen and oxygen atoms in total. The first-order valence-corrected chi connectivity index (χ1v) is 9.15. The zero-order valence-electron chi connectivity index (χ0n) is 13.6. The Bertz CT molecular complexity index is 1040. The highest BCUT2D eigenvalue weighted by Gasteiger charge is 2.25. The van der Waals surface area contributed by atoms with E-state index in [1.54, 1.807) is 22.3 Å². The van der Waals surface area contributed by atoms with Crippen LogP contribution in [0.2, 0.25) is 5.02 Å². The van der Waals surface area contributed by atoms with Crippen LogP contribution in [0.3, 0.4) is 0 Å². The summed E-state index contributed by atoms with van der Waals surface area (Å²) < 4.78 is 13.4. The number of carbonyl (C=O) groups is 1. The second kappa shape index (κ2) is 6.66. The number of amides is 1. The van der Waals surface area contributed by atoms with Crippen molar-refractivity contribution in [2.45, 2.75) is 13.0 Å². The molecule has 0 saturated heterocycles. The van der Waals surface area contributed by atoms with Crippen molar-refractivity contribution in [1.29, 1.82) is 0 Å². The lowest BCUT2D eigenvalue weighted by atomic mass is 10.0. The summed E-state index contributed by atoms with van der Waals surface area (Å²) in [5.41, 5.74) is 1.80. The average Bonchev–Trinajstić information content (AvgIpc) is 3.02. The number of thiophene rings is 1. The van der Waals surface area contributed by atoms with E-state index in [1.807, 2.05) is 0 Å². The molecule has 0 radical (unpaired) electrons. The molecule has 2 aromatic heterocycles. The first-order chi connectivity index (χ1) is 12.6. The summed E-state index contributed by atoms with van der Waals surface area (Å²) in [6.07, 6.45) is 3.55. The summed E-state index contributed by atoms with van der Waals surface area (Å²) in [4.78, 5) is 24.3. The van der Waals surface area contributed by atoms with Gasteiger partial charge in [-0.1, -0.05) is 18.2 Å². The lowest BCUT2D eigenvalue weighted by Gasteiger charge is -2.25. The lowest BCUT2D eigenvalue weighted by Crippen LogP contribution is -2.34. The third kappa shape index (κ3) is 2.93. The molecule has 0 unspecified atom stereocenters. The Labute approximate surface area is 158 Å². The van der Waals surface area contributed by atoms with Gasteiger partial charge < -0.3 is 10.2 Å².